The number of ether oxygens (including phenoxy) is 1. The van der Waals surface area contributed by atoms with Crippen molar-refractivity contribution in [3.63, 3.8) is 0 Å². The molecule has 0 aliphatic heterocycles. The zero-order valence-electron chi connectivity index (χ0n) is 20.7. The Hall–Kier alpha value is -4.08. The highest BCUT2D eigenvalue weighted by molar-refractivity contribution is 5.77. The third-order valence-electron chi connectivity index (χ3n) is 6.62. The van der Waals surface area contributed by atoms with Gasteiger partial charge in [-0.15, -0.1) is 0 Å². The lowest BCUT2D eigenvalue weighted by atomic mass is 9.72. The molecule has 0 spiro atoms. The molecule has 0 bridgehead atoms. The molecule has 10 heteroatoms. The Kier molecular flexibility index (Phi) is 6.14. The summed E-state index contributed by atoms with van der Waals surface area (Å²) in [6.45, 7) is 9.79. The fourth-order valence-electron chi connectivity index (χ4n) is 3.85. The number of esters is 1. The maximum atomic E-state index is 12.1. The summed E-state index contributed by atoms with van der Waals surface area (Å²) >= 11 is 0. The molecule has 35 heavy (non-hydrogen) atoms. The van der Waals surface area contributed by atoms with Crippen molar-refractivity contribution < 1.29 is 14.1 Å². The molecule has 0 aliphatic rings. The summed E-state index contributed by atoms with van der Waals surface area (Å²) in [5.41, 5.74) is 7.63. The molecule has 10 nitrogen and oxygen atoms in total. The van der Waals surface area contributed by atoms with E-state index in [0.717, 1.165) is 16.7 Å². The standard InChI is InChI=1S/C25H29N7O3/c1-15(2)25(5,19-9-7-16(8-10-19)17-11-27-23(26)28-12-17)21-30-20(35-31-21)18-13-29-32(14-18)24(3,4)22(33)34-6/h7-15H,1-6H3,(H2,26,27,28). The molecule has 3 heterocycles. The SMILES string of the molecule is COC(=O)C(C)(C)n1cc(-c2nc(C(C)(c3ccc(-c4cnc(N)nc4)cc3)C(C)C)no2)cn1. The minimum Gasteiger partial charge on any atom is -0.467 e. The van der Waals surface area contributed by atoms with E-state index in [4.69, 9.17) is 20.0 Å². The van der Waals surface area contributed by atoms with Crippen LogP contribution >= 0.6 is 0 Å². The lowest BCUT2D eigenvalue weighted by Crippen LogP contribution is -2.37. The van der Waals surface area contributed by atoms with Crippen molar-refractivity contribution >= 4 is 11.9 Å². The molecule has 1 atom stereocenters. The average molecular weight is 476 g/mol. The van der Waals surface area contributed by atoms with Gasteiger partial charge in [0.15, 0.2) is 11.4 Å². The van der Waals surface area contributed by atoms with Crippen LogP contribution in [0, 0.1) is 5.92 Å². The van der Waals surface area contributed by atoms with E-state index in [1.807, 2.05) is 12.1 Å². The molecule has 3 aromatic heterocycles. The predicted molar refractivity (Wildman–Crippen MR) is 130 cm³/mol. The molecule has 1 unspecified atom stereocenters. The highest BCUT2D eigenvalue weighted by Crippen LogP contribution is 2.39. The number of carbonyl (C=O) groups excluding carboxylic acids is 1. The Balaban J connectivity index is 1.65. The minimum atomic E-state index is -0.973. The lowest BCUT2D eigenvalue weighted by molar-refractivity contribution is -0.150. The van der Waals surface area contributed by atoms with Gasteiger partial charge in [-0.25, -0.2) is 14.8 Å². The first-order valence-corrected chi connectivity index (χ1v) is 11.2. The van der Waals surface area contributed by atoms with Gasteiger partial charge in [-0.3, -0.25) is 4.68 Å². The Labute approximate surface area is 203 Å². The summed E-state index contributed by atoms with van der Waals surface area (Å²) in [6.07, 6.45) is 6.70. The molecule has 0 saturated heterocycles. The van der Waals surface area contributed by atoms with Crippen molar-refractivity contribution in [2.24, 2.45) is 5.92 Å². The average Bonchev–Trinajstić information content (AvgIpc) is 3.54. The topological polar surface area (TPSA) is 135 Å². The van der Waals surface area contributed by atoms with Gasteiger partial charge < -0.3 is 15.0 Å². The van der Waals surface area contributed by atoms with Crippen LogP contribution in [0.15, 0.2) is 53.6 Å². The molecular formula is C25H29N7O3. The van der Waals surface area contributed by atoms with Gasteiger partial charge >= 0.3 is 5.97 Å². The number of hydrogen-bond acceptors (Lipinski definition) is 9. The van der Waals surface area contributed by atoms with Gasteiger partial charge in [0.05, 0.1) is 24.3 Å². The van der Waals surface area contributed by atoms with Crippen LogP contribution < -0.4 is 5.73 Å². The first kappa shape index (κ1) is 24.1. The normalized spacial score (nSPS) is 13.6. The third-order valence-corrected chi connectivity index (χ3v) is 6.62. The van der Waals surface area contributed by atoms with Gasteiger partial charge in [-0.1, -0.05) is 43.3 Å². The van der Waals surface area contributed by atoms with Gasteiger partial charge in [0, 0.05) is 24.2 Å². The fourth-order valence-corrected chi connectivity index (χ4v) is 3.85. The molecule has 4 aromatic rings. The van der Waals surface area contributed by atoms with Crippen LogP contribution in [0.1, 0.15) is 46.0 Å². The Morgan fingerprint density at radius 1 is 1.03 bits per heavy atom. The Morgan fingerprint density at radius 3 is 2.29 bits per heavy atom. The summed E-state index contributed by atoms with van der Waals surface area (Å²) in [7, 11) is 1.35. The van der Waals surface area contributed by atoms with E-state index < -0.39 is 16.9 Å². The molecule has 0 fully saturated rings. The van der Waals surface area contributed by atoms with Crippen LogP contribution in [0.5, 0.6) is 0 Å². The van der Waals surface area contributed by atoms with E-state index in [2.05, 4.69) is 53.1 Å². The molecule has 0 amide bonds. The third kappa shape index (κ3) is 4.27. The maximum absolute atomic E-state index is 12.1. The highest BCUT2D eigenvalue weighted by Gasteiger charge is 2.38. The number of benzene rings is 1. The molecule has 0 aliphatic carbocycles. The number of hydrogen-bond donors (Lipinski definition) is 1. The number of nitrogens with zero attached hydrogens (tertiary/aromatic N) is 6. The maximum Gasteiger partial charge on any atom is 0.333 e. The van der Waals surface area contributed by atoms with Crippen molar-refractivity contribution in [2.45, 2.75) is 45.6 Å². The largest absolute Gasteiger partial charge is 0.467 e. The minimum absolute atomic E-state index is 0.166. The number of anilines is 1. The van der Waals surface area contributed by atoms with Crippen LogP contribution in [-0.2, 0) is 20.5 Å². The van der Waals surface area contributed by atoms with Crippen molar-refractivity contribution in [3.8, 4) is 22.6 Å². The van der Waals surface area contributed by atoms with Gasteiger partial charge in [-0.05, 0) is 37.8 Å². The van der Waals surface area contributed by atoms with Gasteiger partial charge in [0.25, 0.3) is 5.89 Å². The van der Waals surface area contributed by atoms with Crippen LogP contribution in [0.4, 0.5) is 5.95 Å². The molecule has 1 aromatic carbocycles. The van der Waals surface area contributed by atoms with Crippen LogP contribution in [-0.4, -0.2) is 43.0 Å². The second kappa shape index (κ2) is 8.94. The predicted octanol–water partition coefficient (Wildman–Crippen LogP) is 3.84. The number of methoxy groups -OCH3 is 1. The number of rotatable bonds is 7. The molecule has 0 saturated carbocycles. The number of carbonyl (C=O) groups is 1. The first-order valence-electron chi connectivity index (χ1n) is 11.2. The van der Waals surface area contributed by atoms with Crippen LogP contribution in [0.2, 0.25) is 0 Å². The lowest BCUT2D eigenvalue weighted by Gasteiger charge is -2.31. The Bertz CT molecular complexity index is 1320. The zero-order chi connectivity index (χ0) is 25.4. The van der Waals surface area contributed by atoms with E-state index in [1.54, 1.807) is 38.6 Å². The van der Waals surface area contributed by atoms with E-state index in [0.29, 0.717) is 17.3 Å². The van der Waals surface area contributed by atoms with Crippen molar-refractivity contribution in [1.82, 2.24) is 29.9 Å². The summed E-state index contributed by atoms with van der Waals surface area (Å²) < 4.78 is 12.0. The smallest absolute Gasteiger partial charge is 0.333 e. The van der Waals surface area contributed by atoms with E-state index >= 15 is 0 Å². The van der Waals surface area contributed by atoms with Crippen molar-refractivity contribution in [1.29, 1.82) is 0 Å². The molecular weight excluding hydrogens is 446 g/mol. The van der Waals surface area contributed by atoms with E-state index in [1.165, 1.54) is 11.8 Å². The summed E-state index contributed by atoms with van der Waals surface area (Å²) in [6, 6.07) is 8.15. The number of nitrogens with two attached hydrogens (primary N) is 1. The molecule has 182 valence electrons. The molecule has 4 rings (SSSR count). The summed E-state index contributed by atoms with van der Waals surface area (Å²) in [4.78, 5) is 25.0. The van der Waals surface area contributed by atoms with E-state index in [-0.39, 0.29) is 11.9 Å². The van der Waals surface area contributed by atoms with E-state index in [9.17, 15) is 4.79 Å². The van der Waals surface area contributed by atoms with Gasteiger partial charge in [-0.2, -0.15) is 10.1 Å². The van der Waals surface area contributed by atoms with Crippen LogP contribution in [0.25, 0.3) is 22.6 Å². The molecule has 0 radical (unpaired) electrons. The van der Waals surface area contributed by atoms with Gasteiger partial charge in [0.1, 0.15) is 0 Å². The zero-order valence-corrected chi connectivity index (χ0v) is 20.7. The van der Waals surface area contributed by atoms with Crippen molar-refractivity contribution in [3.05, 3.63) is 60.4 Å². The number of aromatic nitrogens is 6. The molecule has 2 N–H and O–H groups in total. The fraction of sp³-hybridized carbons (Fsp3) is 0.360. The summed E-state index contributed by atoms with van der Waals surface area (Å²) in [5.74, 6) is 0.893. The monoisotopic (exact) mass is 475 g/mol. The summed E-state index contributed by atoms with van der Waals surface area (Å²) in [5, 5.41) is 8.64. The second-order valence-electron chi connectivity index (χ2n) is 9.41. The number of nitrogen functional groups attached to an aromatic ring is 1. The quantitative estimate of drug-likeness (QED) is 0.395. The van der Waals surface area contributed by atoms with Gasteiger partial charge in [0.2, 0.25) is 5.95 Å². The first-order chi connectivity index (χ1) is 16.6. The Morgan fingerprint density at radius 2 is 1.69 bits per heavy atom. The van der Waals surface area contributed by atoms with Crippen molar-refractivity contribution in [2.75, 3.05) is 12.8 Å². The van der Waals surface area contributed by atoms with Crippen LogP contribution in [0.3, 0.4) is 0 Å². The second-order valence-corrected chi connectivity index (χ2v) is 9.41. The highest BCUT2D eigenvalue weighted by atomic mass is 16.5.